The summed E-state index contributed by atoms with van der Waals surface area (Å²) in [6.07, 6.45) is 0.908. The van der Waals surface area contributed by atoms with Crippen LogP contribution in [0.3, 0.4) is 0 Å². The lowest BCUT2D eigenvalue weighted by Crippen LogP contribution is -2.34. The predicted molar refractivity (Wildman–Crippen MR) is 125 cm³/mol. The maximum atomic E-state index is 12.4. The Hall–Kier alpha value is -3.22. The predicted octanol–water partition coefficient (Wildman–Crippen LogP) is 5.28. The molecule has 0 fully saturated rings. The molecule has 0 unspecified atom stereocenters. The summed E-state index contributed by atoms with van der Waals surface area (Å²) in [5, 5.41) is 8.94. The van der Waals surface area contributed by atoms with E-state index in [1.807, 2.05) is 12.1 Å². The van der Waals surface area contributed by atoms with E-state index in [1.54, 1.807) is 60.7 Å². The topological polar surface area (TPSA) is 70.2 Å². The molecule has 0 atom stereocenters. The normalized spacial score (nSPS) is 10.2. The minimum atomic E-state index is -0.316. The van der Waals surface area contributed by atoms with Crippen LogP contribution >= 0.6 is 23.8 Å². The van der Waals surface area contributed by atoms with Crippen molar-refractivity contribution < 1.29 is 9.59 Å². The van der Waals surface area contributed by atoms with E-state index in [4.69, 9.17) is 23.8 Å². The maximum Gasteiger partial charge on any atom is 0.257 e. The zero-order valence-corrected chi connectivity index (χ0v) is 17.8. The number of rotatable bonds is 5. The second-order valence-corrected chi connectivity index (χ2v) is 7.29. The van der Waals surface area contributed by atoms with E-state index in [0.717, 1.165) is 12.0 Å². The van der Waals surface area contributed by atoms with Gasteiger partial charge >= 0.3 is 0 Å². The van der Waals surface area contributed by atoms with Gasteiger partial charge in [0, 0.05) is 16.9 Å². The molecule has 152 valence electrons. The fourth-order valence-electron chi connectivity index (χ4n) is 2.75. The summed E-state index contributed by atoms with van der Waals surface area (Å²) >= 11 is 11.3. The number of amides is 2. The first-order chi connectivity index (χ1) is 14.5. The number of carbonyl (C=O) groups is 2. The van der Waals surface area contributed by atoms with Crippen LogP contribution in [0.15, 0.2) is 72.8 Å². The highest BCUT2D eigenvalue weighted by Gasteiger charge is 2.11. The van der Waals surface area contributed by atoms with Crippen molar-refractivity contribution in [2.24, 2.45) is 0 Å². The fourth-order valence-corrected chi connectivity index (χ4v) is 3.18. The second-order valence-electron chi connectivity index (χ2n) is 6.47. The number of carbonyl (C=O) groups excluding carboxylic acids is 2. The van der Waals surface area contributed by atoms with Gasteiger partial charge in [0.05, 0.1) is 10.6 Å². The van der Waals surface area contributed by atoms with Crippen molar-refractivity contribution in [1.82, 2.24) is 5.32 Å². The van der Waals surface area contributed by atoms with Gasteiger partial charge in [0.25, 0.3) is 11.8 Å². The van der Waals surface area contributed by atoms with Gasteiger partial charge in [-0.25, -0.2) is 0 Å². The molecule has 3 rings (SSSR count). The van der Waals surface area contributed by atoms with E-state index in [1.165, 1.54) is 0 Å². The van der Waals surface area contributed by atoms with Gasteiger partial charge in [0.15, 0.2) is 5.11 Å². The number of hydrogen-bond acceptors (Lipinski definition) is 3. The Kier molecular flexibility index (Phi) is 7.17. The molecule has 0 aliphatic heterocycles. The molecule has 7 heteroatoms. The molecule has 0 aliphatic rings. The van der Waals surface area contributed by atoms with Crippen LogP contribution in [0.4, 0.5) is 11.4 Å². The molecule has 3 N–H and O–H groups in total. The Morgan fingerprint density at radius 3 is 2.20 bits per heavy atom. The lowest BCUT2D eigenvalue weighted by Gasteiger charge is -2.12. The summed E-state index contributed by atoms with van der Waals surface area (Å²) in [6.45, 7) is 2.05. The van der Waals surface area contributed by atoms with Gasteiger partial charge in [-0.15, -0.1) is 0 Å². The Balaban J connectivity index is 1.61. The Labute approximate surface area is 185 Å². The van der Waals surface area contributed by atoms with Crippen molar-refractivity contribution in [1.29, 1.82) is 0 Å². The second kappa shape index (κ2) is 10.0. The standard InChI is InChI=1S/C23H20ClN3O2S/c1-2-15-10-12-16(13-11-15)21(28)27-23(30)26-18-7-5-6-17(14-18)25-22(29)19-8-3-4-9-20(19)24/h3-14H,2H2,1H3,(H,25,29)(H2,26,27,28,30). The smallest absolute Gasteiger partial charge is 0.257 e. The summed E-state index contributed by atoms with van der Waals surface area (Å²) < 4.78 is 0. The summed E-state index contributed by atoms with van der Waals surface area (Å²) in [5.41, 5.74) is 3.25. The van der Waals surface area contributed by atoms with Crippen LogP contribution in [-0.4, -0.2) is 16.9 Å². The number of benzene rings is 3. The quantitative estimate of drug-likeness (QED) is 0.475. The Bertz CT molecular complexity index is 1080. The monoisotopic (exact) mass is 437 g/mol. The van der Waals surface area contributed by atoms with Crippen LogP contribution in [0.25, 0.3) is 0 Å². The van der Waals surface area contributed by atoms with Gasteiger partial charge in [0.2, 0.25) is 0 Å². The summed E-state index contributed by atoms with van der Waals surface area (Å²) in [4.78, 5) is 24.8. The zero-order chi connectivity index (χ0) is 21.5. The highest BCUT2D eigenvalue weighted by Crippen LogP contribution is 2.19. The fraction of sp³-hybridized carbons (Fsp3) is 0.0870. The van der Waals surface area contributed by atoms with Crippen LogP contribution in [0.2, 0.25) is 5.02 Å². The molecule has 30 heavy (non-hydrogen) atoms. The number of halogens is 1. The highest BCUT2D eigenvalue weighted by molar-refractivity contribution is 7.80. The summed E-state index contributed by atoms with van der Waals surface area (Å²) in [6, 6.07) is 21.2. The lowest BCUT2D eigenvalue weighted by molar-refractivity contribution is 0.0976. The van der Waals surface area contributed by atoms with Gasteiger partial charge in [-0.05, 0) is 66.7 Å². The minimum absolute atomic E-state index is 0.161. The number of nitrogens with one attached hydrogen (secondary N) is 3. The molecule has 0 heterocycles. The third-order valence-corrected chi connectivity index (χ3v) is 4.88. The SMILES string of the molecule is CCc1ccc(C(=O)NC(=S)Nc2cccc(NC(=O)c3ccccc3Cl)c2)cc1. The van der Waals surface area contributed by atoms with Gasteiger partial charge in [-0.3, -0.25) is 14.9 Å². The van der Waals surface area contributed by atoms with Crippen LogP contribution in [0, 0.1) is 0 Å². The molecule has 0 radical (unpaired) electrons. The van der Waals surface area contributed by atoms with Crippen molar-refractivity contribution in [2.45, 2.75) is 13.3 Å². The first-order valence-corrected chi connectivity index (χ1v) is 10.1. The van der Waals surface area contributed by atoms with Crippen LogP contribution < -0.4 is 16.0 Å². The molecule has 0 aliphatic carbocycles. The van der Waals surface area contributed by atoms with E-state index in [-0.39, 0.29) is 16.9 Å². The average molecular weight is 438 g/mol. The molecular weight excluding hydrogens is 418 g/mol. The molecule has 0 aromatic heterocycles. The third-order valence-electron chi connectivity index (χ3n) is 4.35. The van der Waals surface area contributed by atoms with Crippen molar-refractivity contribution in [3.63, 3.8) is 0 Å². The minimum Gasteiger partial charge on any atom is -0.332 e. The number of thiocarbonyl (C=S) groups is 1. The molecular formula is C23H20ClN3O2S. The van der Waals surface area contributed by atoms with Crippen molar-refractivity contribution in [3.8, 4) is 0 Å². The van der Waals surface area contributed by atoms with Gasteiger partial charge < -0.3 is 10.6 Å². The summed E-state index contributed by atoms with van der Waals surface area (Å²) in [7, 11) is 0. The Morgan fingerprint density at radius 2 is 1.53 bits per heavy atom. The van der Waals surface area contributed by atoms with Crippen LogP contribution in [-0.2, 0) is 6.42 Å². The zero-order valence-electron chi connectivity index (χ0n) is 16.2. The molecule has 2 amide bonds. The van der Waals surface area contributed by atoms with E-state index < -0.39 is 0 Å². The van der Waals surface area contributed by atoms with Gasteiger partial charge in [-0.1, -0.05) is 48.9 Å². The van der Waals surface area contributed by atoms with Crippen molar-refractivity contribution in [3.05, 3.63) is 94.5 Å². The van der Waals surface area contributed by atoms with Gasteiger partial charge in [0.1, 0.15) is 0 Å². The summed E-state index contributed by atoms with van der Waals surface area (Å²) in [5.74, 6) is -0.609. The number of hydrogen-bond donors (Lipinski definition) is 3. The first kappa shape index (κ1) is 21.5. The van der Waals surface area contributed by atoms with E-state index in [0.29, 0.717) is 27.5 Å². The van der Waals surface area contributed by atoms with Gasteiger partial charge in [-0.2, -0.15) is 0 Å². The van der Waals surface area contributed by atoms with Crippen LogP contribution in [0.1, 0.15) is 33.2 Å². The number of aryl methyl sites for hydroxylation is 1. The molecule has 0 saturated carbocycles. The van der Waals surface area contributed by atoms with E-state index in [2.05, 4.69) is 22.9 Å². The molecule has 3 aromatic rings. The first-order valence-electron chi connectivity index (χ1n) is 9.33. The number of anilines is 2. The molecule has 0 saturated heterocycles. The van der Waals surface area contributed by atoms with Crippen molar-refractivity contribution in [2.75, 3.05) is 10.6 Å². The average Bonchev–Trinajstić information content (AvgIpc) is 2.74. The molecule has 0 spiro atoms. The molecule has 3 aromatic carbocycles. The third kappa shape index (κ3) is 5.65. The molecule has 0 bridgehead atoms. The molecule has 5 nitrogen and oxygen atoms in total. The maximum absolute atomic E-state index is 12.4. The largest absolute Gasteiger partial charge is 0.332 e. The van der Waals surface area contributed by atoms with Crippen LogP contribution in [0.5, 0.6) is 0 Å². The van der Waals surface area contributed by atoms with Crippen molar-refractivity contribution >= 4 is 52.1 Å². The van der Waals surface area contributed by atoms with E-state index >= 15 is 0 Å². The lowest BCUT2D eigenvalue weighted by atomic mass is 10.1. The highest BCUT2D eigenvalue weighted by atomic mass is 35.5. The van der Waals surface area contributed by atoms with E-state index in [9.17, 15) is 9.59 Å². The Morgan fingerprint density at radius 1 is 0.867 bits per heavy atom.